The minimum Gasteiger partial charge on any atom is -0.493 e. The first kappa shape index (κ1) is 21.4. The number of methoxy groups -OCH3 is 2. The summed E-state index contributed by atoms with van der Waals surface area (Å²) < 4.78 is 10.2. The van der Waals surface area contributed by atoms with Gasteiger partial charge in [-0.15, -0.1) is 0 Å². The van der Waals surface area contributed by atoms with Crippen LogP contribution in [-0.2, 0) is 4.79 Å². The molecule has 0 unspecified atom stereocenters. The molecule has 0 aromatic heterocycles. The lowest BCUT2D eigenvalue weighted by atomic mass is 10.1. The predicted molar refractivity (Wildman–Crippen MR) is 107 cm³/mol. The van der Waals surface area contributed by atoms with Crippen LogP contribution in [0, 0.1) is 10.1 Å². The fraction of sp³-hybridized carbons (Fsp3) is 0.211. The highest BCUT2D eigenvalue weighted by molar-refractivity contribution is 5.96. The van der Waals surface area contributed by atoms with Crippen LogP contribution < -0.4 is 20.2 Å². The Balaban J connectivity index is 2.13. The van der Waals surface area contributed by atoms with Crippen molar-refractivity contribution in [3.8, 4) is 11.5 Å². The number of nitro benzene ring substituents is 1. The molecule has 0 saturated heterocycles. The molecule has 29 heavy (non-hydrogen) atoms. The molecule has 0 aliphatic heterocycles. The summed E-state index contributed by atoms with van der Waals surface area (Å²) in [7, 11) is 2.77. The number of nitro groups is 1. The third kappa shape index (κ3) is 5.51. The first-order chi connectivity index (χ1) is 13.9. The lowest BCUT2D eigenvalue weighted by Crippen LogP contribution is -2.18. The van der Waals surface area contributed by atoms with Crippen molar-refractivity contribution >= 4 is 29.4 Å². The first-order valence-corrected chi connectivity index (χ1v) is 8.53. The van der Waals surface area contributed by atoms with Gasteiger partial charge in [0.2, 0.25) is 5.91 Å². The Morgan fingerprint density at radius 2 is 1.76 bits per heavy atom. The van der Waals surface area contributed by atoms with Crippen LogP contribution in [0.2, 0.25) is 0 Å². The van der Waals surface area contributed by atoms with Crippen LogP contribution >= 0.6 is 0 Å². The maximum atomic E-state index is 12.2. The minimum absolute atomic E-state index is 0.130. The highest BCUT2D eigenvalue weighted by Gasteiger charge is 2.18. The zero-order valence-corrected chi connectivity index (χ0v) is 16.1. The zero-order chi connectivity index (χ0) is 21.4. The van der Waals surface area contributed by atoms with E-state index in [0.717, 1.165) is 6.21 Å². The summed E-state index contributed by atoms with van der Waals surface area (Å²) in [5.74, 6) is -0.160. The third-order valence-corrected chi connectivity index (χ3v) is 3.85. The van der Waals surface area contributed by atoms with E-state index in [1.165, 1.54) is 38.5 Å². The van der Waals surface area contributed by atoms with E-state index in [1.807, 2.05) is 0 Å². The van der Waals surface area contributed by atoms with E-state index in [2.05, 4.69) is 15.8 Å². The molecule has 10 heteroatoms. The summed E-state index contributed by atoms with van der Waals surface area (Å²) in [6.07, 6.45) is 1.49. The number of hydrazone groups is 1. The van der Waals surface area contributed by atoms with E-state index in [4.69, 9.17) is 9.47 Å². The Kier molecular flexibility index (Phi) is 7.24. The smallest absolute Gasteiger partial charge is 0.282 e. The van der Waals surface area contributed by atoms with Crippen LogP contribution in [0.5, 0.6) is 11.5 Å². The van der Waals surface area contributed by atoms with Crippen molar-refractivity contribution in [2.75, 3.05) is 19.5 Å². The van der Waals surface area contributed by atoms with Crippen molar-refractivity contribution in [1.82, 2.24) is 5.43 Å². The molecular formula is C19H20N4O6. The average Bonchev–Trinajstić information content (AvgIpc) is 2.73. The van der Waals surface area contributed by atoms with Gasteiger partial charge in [-0.1, -0.05) is 6.92 Å². The Morgan fingerprint density at radius 1 is 1.14 bits per heavy atom. The van der Waals surface area contributed by atoms with Crippen molar-refractivity contribution in [2.24, 2.45) is 5.10 Å². The SMILES string of the molecule is CCC(=O)Nc1ccc(C(=O)NN=Cc2cc(OC)c(OC)cc2[N+](=O)[O-])cc1. The van der Waals surface area contributed by atoms with Crippen LogP contribution in [0.4, 0.5) is 11.4 Å². The molecular weight excluding hydrogens is 380 g/mol. The molecule has 2 rings (SSSR count). The summed E-state index contributed by atoms with van der Waals surface area (Å²) in [4.78, 5) is 34.2. The number of benzene rings is 2. The van der Waals surface area contributed by atoms with E-state index in [9.17, 15) is 19.7 Å². The molecule has 0 bridgehead atoms. The maximum Gasteiger partial charge on any atom is 0.282 e. The van der Waals surface area contributed by atoms with Crippen molar-refractivity contribution in [3.63, 3.8) is 0 Å². The standard InChI is InChI=1S/C19H20N4O6/c1-4-18(24)21-14-7-5-12(6-8-14)19(25)22-20-11-13-9-16(28-2)17(29-3)10-15(13)23(26)27/h5-11H,4H2,1-3H3,(H,21,24)(H,22,25). The summed E-state index contributed by atoms with van der Waals surface area (Å²) >= 11 is 0. The molecule has 0 radical (unpaired) electrons. The highest BCUT2D eigenvalue weighted by atomic mass is 16.6. The number of hydrogen-bond acceptors (Lipinski definition) is 7. The lowest BCUT2D eigenvalue weighted by molar-refractivity contribution is -0.385. The van der Waals surface area contributed by atoms with E-state index >= 15 is 0 Å². The van der Waals surface area contributed by atoms with Gasteiger partial charge >= 0.3 is 0 Å². The predicted octanol–water partition coefficient (Wildman–Crippen LogP) is 2.72. The third-order valence-electron chi connectivity index (χ3n) is 3.85. The summed E-state index contributed by atoms with van der Waals surface area (Å²) in [6, 6.07) is 8.82. The molecule has 0 spiro atoms. The number of carbonyl (C=O) groups is 2. The van der Waals surface area contributed by atoms with Gasteiger partial charge in [-0.25, -0.2) is 5.43 Å². The van der Waals surface area contributed by atoms with Crippen LogP contribution in [0.3, 0.4) is 0 Å². The van der Waals surface area contributed by atoms with Crippen LogP contribution in [0.25, 0.3) is 0 Å². The highest BCUT2D eigenvalue weighted by Crippen LogP contribution is 2.33. The second kappa shape index (κ2) is 9.83. The summed E-state index contributed by atoms with van der Waals surface area (Å²) in [6.45, 7) is 1.73. The van der Waals surface area contributed by atoms with Gasteiger partial charge in [0.05, 0.1) is 37.0 Å². The van der Waals surface area contributed by atoms with Crippen molar-refractivity contribution in [2.45, 2.75) is 13.3 Å². The quantitative estimate of drug-likeness (QED) is 0.398. The van der Waals surface area contributed by atoms with E-state index in [-0.39, 0.29) is 28.7 Å². The Bertz CT molecular complexity index is 940. The molecule has 0 atom stereocenters. The normalized spacial score (nSPS) is 10.4. The van der Waals surface area contributed by atoms with E-state index in [0.29, 0.717) is 17.7 Å². The van der Waals surface area contributed by atoms with E-state index in [1.54, 1.807) is 19.1 Å². The Morgan fingerprint density at radius 3 is 2.31 bits per heavy atom. The topological polar surface area (TPSA) is 132 Å². The minimum atomic E-state index is -0.589. The second-order valence-electron chi connectivity index (χ2n) is 5.70. The summed E-state index contributed by atoms with van der Waals surface area (Å²) in [5.41, 5.74) is 3.05. The van der Waals surface area contributed by atoms with Crippen LogP contribution in [0.1, 0.15) is 29.3 Å². The van der Waals surface area contributed by atoms with Gasteiger partial charge < -0.3 is 14.8 Å². The Labute approximate surface area is 166 Å². The van der Waals surface area contributed by atoms with Gasteiger partial charge in [-0.3, -0.25) is 19.7 Å². The first-order valence-electron chi connectivity index (χ1n) is 8.53. The molecule has 0 aliphatic rings. The summed E-state index contributed by atoms with van der Waals surface area (Å²) in [5, 5.41) is 17.7. The van der Waals surface area contributed by atoms with Crippen LogP contribution in [0.15, 0.2) is 41.5 Å². The van der Waals surface area contributed by atoms with Gasteiger partial charge in [0.15, 0.2) is 11.5 Å². The molecule has 2 aromatic carbocycles. The second-order valence-corrected chi connectivity index (χ2v) is 5.70. The molecule has 2 N–H and O–H groups in total. The fourth-order valence-corrected chi connectivity index (χ4v) is 2.32. The van der Waals surface area contributed by atoms with Crippen molar-refractivity contribution in [1.29, 1.82) is 0 Å². The molecule has 2 aromatic rings. The fourth-order valence-electron chi connectivity index (χ4n) is 2.32. The van der Waals surface area contributed by atoms with Crippen LogP contribution in [-0.4, -0.2) is 37.2 Å². The average molecular weight is 400 g/mol. The molecule has 2 amide bonds. The molecule has 0 fully saturated rings. The van der Waals surface area contributed by atoms with Crippen molar-refractivity contribution in [3.05, 3.63) is 57.6 Å². The number of anilines is 1. The molecule has 10 nitrogen and oxygen atoms in total. The van der Waals surface area contributed by atoms with Gasteiger partial charge in [0, 0.05) is 17.7 Å². The monoisotopic (exact) mass is 400 g/mol. The number of nitrogens with zero attached hydrogens (tertiary/aromatic N) is 2. The van der Waals surface area contributed by atoms with Gasteiger partial charge in [-0.05, 0) is 30.3 Å². The Hall–Kier alpha value is -3.95. The number of carbonyl (C=O) groups excluding carboxylic acids is 2. The molecule has 0 saturated carbocycles. The van der Waals surface area contributed by atoms with Gasteiger partial charge in [0.1, 0.15) is 0 Å². The van der Waals surface area contributed by atoms with Gasteiger partial charge in [-0.2, -0.15) is 5.10 Å². The van der Waals surface area contributed by atoms with E-state index < -0.39 is 10.8 Å². The maximum absolute atomic E-state index is 12.2. The number of hydrogen-bond donors (Lipinski definition) is 2. The van der Waals surface area contributed by atoms with Crippen molar-refractivity contribution < 1.29 is 24.0 Å². The number of amides is 2. The molecule has 152 valence electrons. The largest absolute Gasteiger partial charge is 0.493 e. The van der Waals surface area contributed by atoms with Gasteiger partial charge in [0.25, 0.3) is 11.6 Å². The molecule has 0 aliphatic carbocycles. The zero-order valence-electron chi connectivity index (χ0n) is 16.1. The number of nitrogens with one attached hydrogen (secondary N) is 2. The number of rotatable bonds is 8. The molecule has 0 heterocycles. The lowest BCUT2D eigenvalue weighted by Gasteiger charge is -2.08. The number of ether oxygens (including phenoxy) is 2.